The summed E-state index contributed by atoms with van der Waals surface area (Å²) in [6, 6.07) is 4.49. The van der Waals surface area contributed by atoms with Crippen LogP contribution in [0.2, 0.25) is 0 Å². The zero-order valence-corrected chi connectivity index (χ0v) is 12.8. The van der Waals surface area contributed by atoms with Gasteiger partial charge in [-0.05, 0) is 19.1 Å². The number of aromatic nitrogens is 2. The van der Waals surface area contributed by atoms with Crippen molar-refractivity contribution in [3.8, 4) is 5.75 Å². The third-order valence-corrected chi connectivity index (χ3v) is 3.35. The summed E-state index contributed by atoms with van der Waals surface area (Å²) in [6.07, 6.45) is -6.18. The molecular weight excluding hydrogens is 373 g/mol. The smallest absolute Gasteiger partial charge is 0.460 e. The van der Waals surface area contributed by atoms with E-state index in [9.17, 15) is 40.6 Å². The highest BCUT2D eigenvalue weighted by Gasteiger charge is 2.74. The van der Waals surface area contributed by atoms with E-state index in [4.69, 9.17) is 0 Å². The molecule has 4 nitrogen and oxygen atoms in total. The average molecular weight is 382 g/mol. The van der Waals surface area contributed by atoms with Gasteiger partial charge >= 0.3 is 18.0 Å². The number of phenols is 1. The molecule has 0 unspecified atom stereocenters. The van der Waals surface area contributed by atoms with Crippen LogP contribution in [0, 0.1) is 6.92 Å². The van der Waals surface area contributed by atoms with E-state index in [-0.39, 0.29) is 0 Å². The predicted molar refractivity (Wildman–Crippen MR) is 73.2 cm³/mol. The molecule has 0 fully saturated rings. The fourth-order valence-corrected chi connectivity index (χ4v) is 2.01. The van der Waals surface area contributed by atoms with Gasteiger partial charge in [0.2, 0.25) is 0 Å². The third-order valence-electron chi connectivity index (χ3n) is 3.35. The van der Waals surface area contributed by atoms with Crippen LogP contribution in [0.15, 0.2) is 30.5 Å². The molecule has 11 heteroatoms. The lowest BCUT2D eigenvalue weighted by Crippen LogP contribution is -2.51. The van der Waals surface area contributed by atoms with Crippen LogP contribution in [0.5, 0.6) is 5.75 Å². The maximum Gasteiger partial charge on any atom is 0.460 e. The average Bonchev–Trinajstić information content (AvgIpc) is 2.53. The second kappa shape index (κ2) is 6.22. The first kappa shape index (κ1) is 19.6. The van der Waals surface area contributed by atoms with Crippen molar-refractivity contribution in [3.63, 3.8) is 0 Å². The summed E-state index contributed by atoms with van der Waals surface area (Å²) in [6.45, 7) is 0.972. The predicted octanol–water partition coefficient (Wildman–Crippen LogP) is 4.01. The number of aryl methyl sites for hydroxylation is 1. The van der Waals surface area contributed by atoms with Gasteiger partial charge in [-0.1, -0.05) is 12.1 Å². The third kappa shape index (κ3) is 3.08. The Labute approximate surface area is 141 Å². The summed E-state index contributed by atoms with van der Waals surface area (Å²) < 4.78 is 92.2. The standard InChI is InChI=1S/C15H9F7N2O2/c1-7-23-6-9(11(26)8-4-2-3-5-10(8)25)12(24-7)13(16,17)14(18,19)15(20,21)22/h2-6,25H,1H3. The number of rotatable bonds is 4. The van der Waals surface area contributed by atoms with E-state index in [0.29, 0.717) is 6.20 Å². The molecule has 0 amide bonds. The second-order valence-corrected chi connectivity index (χ2v) is 5.17. The first-order valence-electron chi connectivity index (χ1n) is 6.80. The maximum absolute atomic E-state index is 14.1. The van der Waals surface area contributed by atoms with Crippen LogP contribution in [-0.4, -0.2) is 33.0 Å². The van der Waals surface area contributed by atoms with Crippen molar-refractivity contribution in [1.29, 1.82) is 0 Å². The Balaban J connectivity index is 2.70. The van der Waals surface area contributed by atoms with Gasteiger partial charge in [-0.15, -0.1) is 0 Å². The first-order valence-corrected chi connectivity index (χ1v) is 6.80. The lowest BCUT2D eigenvalue weighted by atomic mass is 9.96. The number of phenolic OH excluding ortho intramolecular Hbond substituents is 1. The van der Waals surface area contributed by atoms with Crippen LogP contribution < -0.4 is 0 Å². The van der Waals surface area contributed by atoms with Crippen LogP contribution in [0.25, 0.3) is 0 Å². The lowest BCUT2D eigenvalue weighted by molar-refractivity contribution is -0.360. The van der Waals surface area contributed by atoms with Gasteiger partial charge < -0.3 is 5.11 Å². The van der Waals surface area contributed by atoms with Gasteiger partial charge in [-0.3, -0.25) is 4.79 Å². The van der Waals surface area contributed by atoms with Crippen molar-refractivity contribution in [2.24, 2.45) is 0 Å². The monoisotopic (exact) mass is 382 g/mol. The summed E-state index contributed by atoms with van der Waals surface area (Å²) in [7, 11) is 0. The quantitative estimate of drug-likeness (QED) is 0.641. The lowest BCUT2D eigenvalue weighted by Gasteiger charge is -2.28. The van der Waals surface area contributed by atoms with Crippen LogP contribution in [0.4, 0.5) is 30.7 Å². The van der Waals surface area contributed by atoms with Gasteiger partial charge in [0.15, 0.2) is 5.78 Å². The Morgan fingerprint density at radius 2 is 1.58 bits per heavy atom. The van der Waals surface area contributed by atoms with Gasteiger partial charge in [0.1, 0.15) is 17.3 Å². The molecule has 0 bridgehead atoms. The number of hydrogen-bond donors (Lipinski definition) is 1. The minimum absolute atomic E-state index is 0.410. The van der Waals surface area contributed by atoms with E-state index >= 15 is 0 Å². The number of carbonyl (C=O) groups is 1. The van der Waals surface area contributed by atoms with Crippen LogP contribution in [0.1, 0.15) is 27.4 Å². The van der Waals surface area contributed by atoms with Crippen molar-refractivity contribution in [1.82, 2.24) is 9.97 Å². The zero-order valence-electron chi connectivity index (χ0n) is 12.8. The number of halogens is 7. The Morgan fingerprint density at radius 1 is 1.00 bits per heavy atom. The minimum atomic E-state index is -6.59. The van der Waals surface area contributed by atoms with Crippen molar-refractivity contribution >= 4 is 5.78 Å². The SMILES string of the molecule is Cc1ncc(C(=O)c2ccccc2O)c(C(F)(F)C(F)(F)C(F)(F)F)n1. The summed E-state index contributed by atoms with van der Waals surface area (Å²) in [5, 5.41) is 9.60. The molecule has 1 N–H and O–H groups in total. The Morgan fingerprint density at radius 3 is 2.12 bits per heavy atom. The number of hydrogen-bond acceptors (Lipinski definition) is 4. The van der Waals surface area contributed by atoms with Gasteiger partial charge in [-0.2, -0.15) is 30.7 Å². The van der Waals surface area contributed by atoms with E-state index in [1.54, 1.807) is 0 Å². The van der Waals surface area contributed by atoms with Crippen molar-refractivity contribution in [2.75, 3.05) is 0 Å². The number of alkyl halides is 7. The molecular formula is C15H9F7N2O2. The fraction of sp³-hybridized carbons (Fsp3) is 0.267. The van der Waals surface area contributed by atoms with Crippen molar-refractivity contribution in [2.45, 2.75) is 24.9 Å². The van der Waals surface area contributed by atoms with Crippen LogP contribution in [-0.2, 0) is 5.92 Å². The highest BCUT2D eigenvalue weighted by Crippen LogP contribution is 2.52. The highest BCUT2D eigenvalue weighted by molar-refractivity contribution is 6.11. The molecule has 0 saturated heterocycles. The van der Waals surface area contributed by atoms with E-state index in [1.807, 2.05) is 0 Å². The van der Waals surface area contributed by atoms with Crippen LogP contribution in [0.3, 0.4) is 0 Å². The summed E-state index contributed by atoms with van der Waals surface area (Å²) in [5.74, 6) is -15.0. The molecule has 0 radical (unpaired) electrons. The van der Waals surface area contributed by atoms with E-state index < -0.39 is 52.2 Å². The number of benzene rings is 1. The molecule has 0 spiro atoms. The van der Waals surface area contributed by atoms with Crippen LogP contribution >= 0.6 is 0 Å². The Bertz CT molecular complexity index is 850. The molecule has 1 heterocycles. The van der Waals surface area contributed by atoms with Crippen molar-refractivity contribution in [3.05, 3.63) is 53.1 Å². The normalized spacial score (nSPS) is 12.9. The molecule has 0 atom stereocenters. The summed E-state index contributed by atoms with van der Waals surface area (Å²) in [4.78, 5) is 18.7. The number of carbonyl (C=O) groups excluding carboxylic acids is 1. The van der Waals surface area contributed by atoms with E-state index in [1.165, 1.54) is 12.1 Å². The molecule has 26 heavy (non-hydrogen) atoms. The Hall–Kier alpha value is -2.72. The molecule has 140 valence electrons. The maximum atomic E-state index is 14.1. The highest BCUT2D eigenvalue weighted by atomic mass is 19.4. The van der Waals surface area contributed by atoms with E-state index in [2.05, 4.69) is 9.97 Å². The van der Waals surface area contributed by atoms with Gasteiger partial charge in [0, 0.05) is 6.20 Å². The molecule has 0 aliphatic carbocycles. The fourth-order valence-electron chi connectivity index (χ4n) is 2.01. The minimum Gasteiger partial charge on any atom is -0.507 e. The molecule has 1 aromatic carbocycles. The van der Waals surface area contributed by atoms with Crippen molar-refractivity contribution < 1.29 is 40.6 Å². The number of aromatic hydroxyl groups is 1. The molecule has 0 saturated carbocycles. The number of ketones is 1. The van der Waals surface area contributed by atoms with Gasteiger partial charge in [0.05, 0.1) is 11.1 Å². The Kier molecular flexibility index (Phi) is 4.69. The molecule has 1 aromatic heterocycles. The second-order valence-electron chi connectivity index (χ2n) is 5.17. The molecule has 0 aliphatic rings. The van der Waals surface area contributed by atoms with Gasteiger partial charge in [-0.25, -0.2) is 9.97 Å². The van der Waals surface area contributed by atoms with Gasteiger partial charge in [0.25, 0.3) is 0 Å². The first-order chi connectivity index (χ1) is 11.8. The van der Waals surface area contributed by atoms with E-state index in [0.717, 1.165) is 19.1 Å². The molecule has 0 aliphatic heterocycles. The topological polar surface area (TPSA) is 63.1 Å². The summed E-state index contributed by atoms with van der Waals surface area (Å²) in [5.41, 5.74) is -3.96. The largest absolute Gasteiger partial charge is 0.507 e. The summed E-state index contributed by atoms with van der Waals surface area (Å²) >= 11 is 0. The number of nitrogens with zero attached hydrogens (tertiary/aromatic N) is 2. The number of para-hydroxylation sites is 1. The molecule has 2 aromatic rings. The zero-order chi connectivity index (χ0) is 19.9. The molecule has 2 rings (SSSR count).